The Bertz CT molecular complexity index is 231. The second-order valence-electron chi connectivity index (χ2n) is 5.23. The molecule has 1 atom stereocenters. The monoisotopic (exact) mass is 367 g/mol. The van der Waals surface area contributed by atoms with Crippen molar-refractivity contribution in [3.05, 3.63) is 0 Å². The van der Waals surface area contributed by atoms with Gasteiger partial charge in [-0.25, -0.2) is 0 Å². The molecule has 1 unspecified atom stereocenters. The van der Waals surface area contributed by atoms with E-state index in [4.69, 9.17) is 0 Å². The van der Waals surface area contributed by atoms with Crippen LogP contribution in [0, 0.1) is 5.92 Å². The van der Waals surface area contributed by atoms with Gasteiger partial charge in [-0.15, -0.1) is 24.0 Å². The Hall–Kier alpha value is 0. The quantitative estimate of drug-likeness (QED) is 0.349. The lowest BCUT2D eigenvalue weighted by Gasteiger charge is -2.33. The summed E-state index contributed by atoms with van der Waals surface area (Å²) in [5.41, 5.74) is 0. The van der Waals surface area contributed by atoms with Gasteiger partial charge < -0.3 is 10.2 Å². The van der Waals surface area contributed by atoms with E-state index in [1.54, 1.807) is 0 Å². The van der Waals surface area contributed by atoms with Crippen LogP contribution in [-0.4, -0.2) is 37.5 Å². The van der Waals surface area contributed by atoms with Crippen molar-refractivity contribution in [2.45, 2.75) is 52.4 Å². The summed E-state index contributed by atoms with van der Waals surface area (Å²) < 4.78 is 0. The van der Waals surface area contributed by atoms with Crippen molar-refractivity contribution in [3.63, 3.8) is 0 Å². The largest absolute Gasteiger partial charge is 0.356 e. The van der Waals surface area contributed by atoms with E-state index in [1.807, 2.05) is 7.05 Å². The van der Waals surface area contributed by atoms with Gasteiger partial charge in [0.15, 0.2) is 5.96 Å². The minimum absolute atomic E-state index is 0. The third-order valence-electron chi connectivity index (χ3n) is 3.48. The maximum absolute atomic E-state index is 4.40. The van der Waals surface area contributed by atoms with Gasteiger partial charge in [-0.1, -0.05) is 33.1 Å². The van der Waals surface area contributed by atoms with E-state index in [2.05, 4.69) is 29.1 Å². The molecule has 1 aliphatic heterocycles. The molecule has 0 aromatic rings. The van der Waals surface area contributed by atoms with Crippen LogP contribution >= 0.6 is 24.0 Å². The van der Waals surface area contributed by atoms with Gasteiger partial charge >= 0.3 is 0 Å². The van der Waals surface area contributed by atoms with Crippen molar-refractivity contribution in [1.29, 1.82) is 0 Å². The molecule has 18 heavy (non-hydrogen) atoms. The fourth-order valence-electron chi connectivity index (χ4n) is 2.47. The van der Waals surface area contributed by atoms with Crippen LogP contribution < -0.4 is 5.32 Å². The lowest BCUT2D eigenvalue weighted by molar-refractivity contribution is 0.266. The number of aliphatic imine (C=N–C) groups is 1. The van der Waals surface area contributed by atoms with E-state index < -0.39 is 0 Å². The highest BCUT2D eigenvalue weighted by Crippen LogP contribution is 2.15. The summed E-state index contributed by atoms with van der Waals surface area (Å²) in [5.74, 6) is 1.91. The summed E-state index contributed by atoms with van der Waals surface area (Å²) in [6.45, 7) is 7.98. The van der Waals surface area contributed by atoms with Gasteiger partial charge in [-0.2, -0.15) is 0 Å². The first-order chi connectivity index (χ1) is 8.27. The average molecular weight is 367 g/mol. The van der Waals surface area contributed by atoms with Gasteiger partial charge in [-0.05, 0) is 25.2 Å². The Kier molecular flexibility index (Phi) is 10.9. The summed E-state index contributed by atoms with van der Waals surface area (Å²) in [6.07, 6.45) is 7.91. The first-order valence-corrected chi connectivity index (χ1v) is 7.23. The van der Waals surface area contributed by atoms with Crippen molar-refractivity contribution in [3.8, 4) is 0 Å². The fraction of sp³-hybridized carbons (Fsp3) is 0.929. The summed E-state index contributed by atoms with van der Waals surface area (Å²) in [5, 5.41) is 3.49. The van der Waals surface area contributed by atoms with Crippen LogP contribution in [0.5, 0.6) is 0 Å². The number of nitrogens with one attached hydrogen (secondary N) is 1. The number of unbranched alkanes of at least 4 members (excludes halogenated alkanes) is 3. The van der Waals surface area contributed by atoms with E-state index in [0.29, 0.717) is 0 Å². The normalized spacial score (nSPS) is 20.5. The van der Waals surface area contributed by atoms with Crippen LogP contribution in [0.1, 0.15) is 52.4 Å². The second-order valence-corrected chi connectivity index (χ2v) is 5.23. The highest BCUT2D eigenvalue weighted by Gasteiger charge is 2.18. The zero-order chi connectivity index (χ0) is 12.5. The molecule has 1 fully saturated rings. The van der Waals surface area contributed by atoms with Gasteiger partial charge in [0.25, 0.3) is 0 Å². The van der Waals surface area contributed by atoms with Crippen molar-refractivity contribution < 1.29 is 0 Å². The van der Waals surface area contributed by atoms with Gasteiger partial charge in [0.2, 0.25) is 0 Å². The second kappa shape index (κ2) is 10.9. The molecule has 0 bridgehead atoms. The van der Waals surface area contributed by atoms with Gasteiger partial charge in [-0.3, -0.25) is 4.99 Å². The predicted molar refractivity (Wildman–Crippen MR) is 90.9 cm³/mol. The third kappa shape index (κ3) is 6.81. The maximum Gasteiger partial charge on any atom is 0.193 e. The molecule has 3 nitrogen and oxygen atoms in total. The molecule has 1 heterocycles. The maximum atomic E-state index is 4.40. The van der Waals surface area contributed by atoms with Gasteiger partial charge in [0.05, 0.1) is 0 Å². The Morgan fingerprint density at radius 2 is 2.11 bits per heavy atom. The predicted octanol–water partition coefficient (Wildman–Crippen LogP) is 3.49. The topological polar surface area (TPSA) is 27.6 Å². The number of rotatable bonds is 5. The standard InChI is InChI=1S/C14H29N3.HI/c1-4-5-6-7-10-16-14(15-3)17-11-8-9-13(2)12-17;/h13H,4-12H2,1-3H3,(H,15,16);1H. The molecule has 0 aromatic heterocycles. The number of guanidine groups is 1. The Morgan fingerprint density at radius 1 is 1.33 bits per heavy atom. The minimum atomic E-state index is 0. The SMILES string of the molecule is CCCCCCNC(=NC)N1CCCC(C)C1.I. The molecule has 108 valence electrons. The first-order valence-electron chi connectivity index (χ1n) is 7.23. The molecule has 4 heteroatoms. The van der Waals surface area contributed by atoms with Crippen molar-refractivity contribution in [2.24, 2.45) is 10.9 Å². The molecule has 1 rings (SSSR count). The zero-order valence-corrected chi connectivity index (χ0v) is 14.6. The zero-order valence-electron chi connectivity index (χ0n) is 12.2. The molecule has 1 aliphatic rings. The molecule has 0 aliphatic carbocycles. The number of likely N-dealkylation sites (tertiary alicyclic amines) is 1. The van der Waals surface area contributed by atoms with E-state index in [-0.39, 0.29) is 24.0 Å². The summed E-state index contributed by atoms with van der Waals surface area (Å²) in [6, 6.07) is 0. The molecule has 1 saturated heterocycles. The smallest absolute Gasteiger partial charge is 0.193 e. The van der Waals surface area contributed by atoms with E-state index in [1.165, 1.54) is 45.1 Å². The lowest BCUT2D eigenvalue weighted by atomic mass is 10.0. The van der Waals surface area contributed by atoms with Crippen LogP contribution in [0.3, 0.4) is 0 Å². The highest BCUT2D eigenvalue weighted by atomic mass is 127. The van der Waals surface area contributed by atoms with E-state index >= 15 is 0 Å². The van der Waals surface area contributed by atoms with Crippen molar-refractivity contribution >= 4 is 29.9 Å². The average Bonchev–Trinajstić information content (AvgIpc) is 2.34. The minimum Gasteiger partial charge on any atom is -0.356 e. The van der Waals surface area contributed by atoms with E-state index in [9.17, 15) is 0 Å². The molecular weight excluding hydrogens is 337 g/mol. The molecule has 0 saturated carbocycles. The first kappa shape index (κ1) is 18.0. The Balaban J connectivity index is 0.00000289. The molecule has 0 aromatic carbocycles. The Labute approximate surface area is 130 Å². The third-order valence-corrected chi connectivity index (χ3v) is 3.48. The molecular formula is C14H30IN3. The Morgan fingerprint density at radius 3 is 2.72 bits per heavy atom. The van der Waals surface area contributed by atoms with E-state index in [0.717, 1.165) is 25.0 Å². The summed E-state index contributed by atoms with van der Waals surface area (Å²) >= 11 is 0. The number of piperidine rings is 1. The number of nitrogens with zero attached hydrogens (tertiary/aromatic N) is 2. The van der Waals surface area contributed by atoms with Crippen molar-refractivity contribution in [2.75, 3.05) is 26.7 Å². The lowest BCUT2D eigenvalue weighted by Crippen LogP contribution is -2.46. The van der Waals surface area contributed by atoms with Crippen molar-refractivity contribution in [1.82, 2.24) is 10.2 Å². The van der Waals surface area contributed by atoms with Crippen LogP contribution in [0.15, 0.2) is 4.99 Å². The van der Waals surface area contributed by atoms with Crippen LogP contribution in [-0.2, 0) is 0 Å². The van der Waals surface area contributed by atoms with Gasteiger partial charge in [0, 0.05) is 26.7 Å². The summed E-state index contributed by atoms with van der Waals surface area (Å²) in [4.78, 5) is 6.81. The molecule has 1 N–H and O–H groups in total. The van der Waals surface area contributed by atoms with Crippen LogP contribution in [0.2, 0.25) is 0 Å². The molecule has 0 radical (unpaired) electrons. The molecule has 0 amide bonds. The summed E-state index contributed by atoms with van der Waals surface area (Å²) in [7, 11) is 1.90. The fourth-order valence-corrected chi connectivity index (χ4v) is 2.47. The number of halogens is 1. The highest BCUT2D eigenvalue weighted by molar-refractivity contribution is 14.0. The number of hydrogen-bond acceptors (Lipinski definition) is 1. The van der Waals surface area contributed by atoms with Gasteiger partial charge in [0.1, 0.15) is 0 Å². The number of hydrogen-bond donors (Lipinski definition) is 1. The van der Waals surface area contributed by atoms with Crippen LogP contribution in [0.4, 0.5) is 0 Å². The molecule has 0 spiro atoms. The van der Waals surface area contributed by atoms with Crippen LogP contribution in [0.25, 0.3) is 0 Å².